The SMILES string of the molecule is CC1(C)CCCC(CN)(N2CCc3ccccc3C2)C1. The van der Waals surface area contributed by atoms with E-state index in [0.717, 1.165) is 13.1 Å². The number of benzene rings is 1. The van der Waals surface area contributed by atoms with Gasteiger partial charge >= 0.3 is 0 Å². The first-order chi connectivity index (χ1) is 9.55. The average Bonchev–Trinajstić information content (AvgIpc) is 2.45. The molecule has 0 bridgehead atoms. The van der Waals surface area contributed by atoms with Gasteiger partial charge < -0.3 is 5.73 Å². The molecule has 2 heteroatoms. The van der Waals surface area contributed by atoms with Crippen molar-refractivity contribution in [1.29, 1.82) is 0 Å². The second-order valence-electron chi connectivity index (χ2n) is 7.56. The third-order valence-electron chi connectivity index (χ3n) is 5.48. The molecule has 1 unspecified atom stereocenters. The van der Waals surface area contributed by atoms with Crippen molar-refractivity contribution < 1.29 is 0 Å². The highest BCUT2D eigenvalue weighted by atomic mass is 15.2. The molecule has 1 fully saturated rings. The predicted molar refractivity (Wildman–Crippen MR) is 84.6 cm³/mol. The fourth-order valence-corrected chi connectivity index (χ4v) is 4.44. The fourth-order valence-electron chi connectivity index (χ4n) is 4.44. The van der Waals surface area contributed by atoms with Gasteiger partial charge in [0, 0.05) is 25.2 Å². The zero-order valence-electron chi connectivity index (χ0n) is 13.0. The van der Waals surface area contributed by atoms with Gasteiger partial charge in [-0.15, -0.1) is 0 Å². The molecule has 110 valence electrons. The van der Waals surface area contributed by atoms with Gasteiger partial charge in [0.15, 0.2) is 0 Å². The standard InChI is InChI=1S/C18H28N2/c1-17(2)9-5-10-18(13-17,14-19)20-11-8-15-6-3-4-7-16(15)12-20/h3-4,6-7H,5,8-14,19H2,1-2H3. The highest BCUT2D eigenvalue weighted by Gasteiger charge is 2.43. The molecular weight excluding hydrogens is 244 g/mol. The molecule has 1 saturated carbocycles. The minimum Gasteiger partial charge on any atom is -0.329 e. The van der Waals surface area contributed by atoms with Crippen LogP contribution >= 0.6 is 0 Å². The second-order valence-corrected chi connectivity index (χ2v) is 7.56. The third-order valence-corrected chi connectivity index (χ3v) is 5.48. The van der Waals surface area contributed by atoms with Gasteiger partial charge in [0.25, 0.3) is 0 Å². The van der Waals surface area contributed by atoms with Gasteiger partial charge in [0.05, 0.1) is 0 Å². The molecule has 0 spiro atoms. The van der Waals surface area contributed by atoms with E-state index in [4.69, 9.17) is 5.73 Å². The molecule has 1 heterocycles. The Bertz CT molecular complexity index is 480. The van der Waals surface area contributed by atoms with Crippen molar-refractivity contribution in [2.24, 2.45) is 11.1 Å². The van der Waals surface area contributed by atoms with Gasteiger partial charge in [-0.3, -0.25) is 4.90 Å². The number of nitrogens with zero attached hydrogens (tertiary/aromatic N) is 1. The second kappa shape index (κ2) is 5.16. The van der Waals surface area contributed by atoms with Gasteiger partial charge in [-0.05, 0) is 42.2 Å². The molecule has 1 aliphatic carbocycles. The van der Waals surface area contributed by atoms with E-state index in [1.54, 1.807) is 0 Å². The van der Waals surface area contributed by atoms with E-state index in [2.05, 4.69) is 43.0 Å². The van der Waals surface area contributed by atoms with E-state index in [1.807, 2.05) is 0 Å². The molecule has 2 N–H and O–H groups in total. The topological polar surface area (TPSA) is 29.3 Å². The summed E-state index contributed by atoms with van der Waals surface area (Å²) in [7, 11) is 0. The lowest BCUT2D eigenvalue weighted by Gasteiger charge is -2.52. The highest BCUT2D eigenvalue weighted by Crippen LogP contribution is 2.44. The van der Waals surface area contributed by atoms with Crippen molar-refractivity contribution in [2.45, 2.75) is 58.0 Å². The Morgan fingerprint density at radius 1 is 1.15 bits per heavy atom. The Labute approximate surface area is 123 Å². The van der Waals surface area contributed by atoms with E-state index in [1.165, 1.54) is 49.8 Å². The Morgan fingerprint density at radius 3 is 2.60 bits per heavy atom. The van der Waals surface area contributed by atoms with Crippen molar-refractivity contribution >= 4 is 0 Å². The summed E-state index contributed by atoms with van der Waals surface area (Å²) in [5.74, 6) is 0. The highest BCUT2D eigenvalue weighted by molar-refractivity contribution is 5.29. The lowest BCUT2D eigenvalue weighted by molar-refractivity contribution is 0.000651. The summed E-state index contributed by atoms with van der Waals surface area (Å²) in [4.78, 5) is 2.69. The summed E-state index contributed by atoms with van der Waals surface area (Å²) in [6, 6.07) is 8.91. The summed E-state index contributed by atoms with van der Waals surface area (Å²) in [5.41, 5.74) is 9.98. The van der Waals surface area contributed by atoms with Crippen molar-refractivity contribution in [3.05, 3.63) is 35.4 Å². The van der Waals surface area contributed by atoms with Crippen LogP contribution in [0.25, 0.3) is 0 Å². The van der Waals surface area contributed by atoms with Gasteiger partial charge in [-0.25, -0.2) is 0 Å². The zero-order chi connectivity index (χ0) is 14.2. The molecule has 1 aromatic carbocycles. The van der Waals surface area contributed by atoms with Crippen LogP contribution in [0.15, 0.2) is 24.3 Å². The van der Waals surface area contributed by atoms with Gasteiger partial charge in [-0.2, -0.15) is 0 Å². The van der Waals surface area contributed by atoms with Crippen LogP contribution in [0.2, 0.25) is 0 Å². The lowest BCUT2D eigenvalue weighted by Crippen LogP contribution is -2.58. The van der Waals surface area contributed by atoms with E-state index >= 15 is 0 Å². The first kappa shape index (κ1) is 14.1. The first-order valence-electron chi connectivity index (χ1n) is 8.07. The molecule has 1 aromatic rings. The summed E-state index contributed by atoms with van der Waals surface area (Å²) in [6.07, 6.45) is 6.37. The van der Waals surface area contributed by atoms with Crippen LogP contribution < -0.4 is 5.73 Å². The monoisotopic (exact) mass is 272 g/mol. The van der Waals surface area contributed by atoms with Crippen LogP contribution in [0.1, 0.15) is 50.7 Å². The molecule has 0 saturated heterocycles. The largest absolute Gasteiger partial charge is 0.329 e. The Hall–Kier alpha value is -0.860. The van der Waals surface area contributed by atoms with Gasteiger partial charge in [0.2, 0.25) is 0 Å². The van der Waals surface area contributed by atoms with Crippen LogP contribution in [0.4, 0.5) is 0 Å². The number of nitrogens with two attached hydrogens (primary N) is 1. The molecule has 0 amide bonds. The quantitative estimate of drug-likeness (QED) is 0.894. The summed E-state index contributed by atoms with van der Waals surface area (Å²) >= 11 is 0. The van der Waals surface area contributed by atoms with Crippen LogP contribution in [0.5, 0.6) is 0 Å². The van der Waals surface area contributed by atoms with Crippen LogP contribution in [0.3, 0.4) is 0 Å². The van der Waals surface area contributed by atoms with E-state index in [9.17, 15) is 0 Å². The van der Waals surface area contributed by atoms with Crippen LogP contribution in [-0.4, -0.2) is 23.5 Å². The van der Waals surface area contributed by atoms with Crippen molar-refractivity contribution in [1.82, 2.24) is 4.90 Å². The van der Waals surface area contributed by atoms with E-state index in [0.29, 0.717) is 5.41 Å². The van der Waals surface area contributed by atoms with Gasteiger partial charge in [-0.1, -0.05) is 44.5 Å². The van der Waals surface area contributed by atoms with E-state index in [-0.39, 0.29) is 5.54 Å². The minimum absolute atomic E-state index is 0.231. The maximum Gasteiger partial charge on any atom is 0.0340 e. The average molecular weight is 272 g/mol. The first-order valence-corrected chi connectivity index (χ1v) is 8.07. The number of rotatable bonds is 2. The minimum atomic E-state index is 0.231. The molecule has 1 atom stereocenters. The Morgan fingerprint density at radius 2 is 1.90 bits per heavy atom. The van der Waals surface area contributed by atoms with Crippen LogP contribution in [0, 0.1) is 5.41 Å². The summed E-state index contributed by atoms with van der Waals surface area (Å²) in [6.45, 7) is 7.88. The molecular formula is C18H28N2. The molecule has 20 heavy (non-hydrogen) atoms. The number of hydrogen-bond acceptors (Lipinski definition) is 2. The van der Waals surface area contributed by atoms with Crippen molar-refractivity contribution in [3.8, 4) is 0 Å². The summed E-state index contributed by atoms with van der Waals surface area (Å²) < 4.78 is 0. The third kappa shape index (κ3) is 2.51. The maximum atomic E-state index is 6.27. The number of fused-ring (bicyclic) bond motifs is 1. The number of hydrogen-bond donors (Lipinski definition) is 1. The van der Waals surface area contributed by atoms with Gasteiger partial charge in [0.1, 0.15) is 0 Å². The van der Waals surface area contributed by atoms with E-state index < -0.39 is 0 Å². The molecule has 2 nitrogen and oxygen atoms in total. The smallest absolute Gasteiger partial charge is 0.0340 e. The normalized spacial score (nSPS) is 29.9. The molecule has 2 aliphatic rings. The maximum absolute atomic E-state index is 6.27. The van der Waals surface area contributed by atoms with Crippen molar-refractivity contribution in [3.63, 3.8) is 0 Å². The molecule has 3 rings (SSSR count). The lowest BCUT2D eigenvalue weighted by atomic mass is 9.67. The molecule has 0 aromatic heterocycles. The molecule has 1 aliphatic heterocycles. The Balaban J connectivity index is 1.84. The fraction of sp³-hybridized carbons (Fsp3) is 0.667. The zero-order valence-corrected chi connectivity index (χ0v) is 13.0. The Kier molecular flexibility index (Phi) is 3.64. The van der Waals surface area contributed by atoms with Crippen LogP contribution in [-0.2, 0) is 13.0 Å². The van der Waals surface area contributed by atoms with Crippen molar-refractivity contribution in [2.75, 3.05) is 13.1 Å². The molecule has 0 radical (unpaired) electrons. The summed E-state index contributed by atoms with van der Waals surface area (Å²) in [5, 5.41) is 0. The predicted octanol–water partition coefficient (Wildman–Crippen LogP) is 3.34.